The summed E-state index contributed by atoms with van der Waals surface area (Å²) in [6.07, 6.45) is 1.53. The van der Waals surface area contributed by atoms with E-state index in [1.165, 1.54) is 11.8 Å². The molecule has 1 aromatic carbocycles. The summed E-state index contributed by atoms with van der Waals surface area (Å²) in [7, 11) is 3.92. The molecule has 1 fully saturated rings. The van der Waals surface area contributed by atoms with Gasteiger partial charge in [0.1, 0.15) is 0 Å². The van der Waals surface area contributed by atoms with Gasteiger partial charge in [-0.25, -0.2) is 0 Å². The largest absolute Gasteiger partial charge is 0.459 e. The van der Waals surface area contributed by atoms with Crippen LogP contribution in [0.3, 0.4) is 0 Å². The van der Waals surface area contributed by atoms with E-state index in [1.807, 2.05) is 11.0 Å². The minimum atomic E-state index is -0.0462. The van der Waals surface area contributed by atoms with Crippen LogP contribution in [0.15, 0.2) is 58.1 Å². The SMILES string of the molecule is CN=C(NCCN(C)Cc1ccccc1)N1CCN(C(=O)c2ccco2)CC1.I. The normalized spacial score (nSPS) is 14.7. The van der Waals surface area contributed by atoms with E-state index in [9.17, 15) is 4.79 Å². The molecule has 1 N–H and O–H groups in total. The lowest BCUT2D eigenvalue weighted by Crippen LogP contribution is -2.54. The second-order valence-corrected chi connectivity index (χ2v) is 6.95. The first-order chi connectivity index (χ1) is 13.7. The number of aliphatic imine (C=N–C) groups is 1. The van der Waals surface area contributed by atoms with Crippen LogP contribution in [0, 0.1) is 0 Å². The summed E-state index contributed by atoms with van der Waals surface area (Å²) in [6.45, 7) is 5.50. The predicted molar refractivity (Wildman–Crippen MR) is 126 cm³/mol. The van der Waals surface area contributed by atoms with Crippen LogP contribution < -0.4 is 5.32 Å². The topological polar surface area (TPSA) is 64.3 Å². The molecule has 0 spiro atoms. The smallest absolute Gasteiger partial charge is 0.289 e. The van der Waals surface area contributed by atoms with Crippen LogP contribution in [-0.4, -0.2) is 79.9 Å². The van der Waals surface area contributed by atoms with Gasteiger partial charge < -0.3 is 24.4 Å². The second-order valence-electron chi connectivity index (χ2n) is 6.95. The number of guanidine groups is 1. The number of piperazine rings is 1. The van der Waals surface area contributed by atoms with Crippen molar-refractivity contribution in [3.8, 4) is 0 Å². The number of amides is 1. The van der Waals surface area contributed by atoms with Gasteiger partial charge in [-0.05, 0) is 24.7 Å². The summed E-state index contributed by atoms with van der Waals surface area (Å²) in [5.74, 6) is 1.24. The highest BCUT2D eigenvalue weighted by molar-refractivity contribution is 14.0. The Morgan fingerprint density at radius 2 is 1.79 bits per heavy atom. The number of carbonyl (C=O) groups excluding carboxylic acids is 1. The van der Waals surface area contributed by atoms with Crippen LogP contribution in [0.1, 0.15) is 16.1 Å². The maximum absolute atomic E-state index is 12.4. The van der Waals surface area contributed by atoms with E-state index in [1.54, 1.807) is 19.2 Å². The zero-order valence-corrected chi connectivity index (χ0v) is 19.4. The van der Waals surface area contributed by atoms with Crippen LogP contribution in [0.25, 0.3) is 0 Å². The van der Waals surface area contributed by atoms with Gasteiger partial charge in [0.2, 0.25) is 0 Å². The second kappa shape index (κ2) is 11.8. The highest BCUT2D eigenvalue weighted by atomic mass is 127. The van der Waals surface area contributed by atoms with Crippen molar-refractivity contribution in [2.75, 3.05) is 53.4 Å². The minimum Gasteiger partial charge on any atom is -0.459 e. The maximum atomic E-state index is 12.4. The average molecular weight is 511 g/mol. The number of furan rings is 1. The third-order valence-corrected chi connectivity index (χ3v) is 4.88. The summed E-state index contributed by atoms with van der Waals surface area (Å²) in [5, 5.41) is 3.44. The number of rotatable bonds is 6. The molecule has 0 unspecified atom stereocenters. The van der Waals surface area contributed by atoms with Crippen molar-refractivity contribution in [1.29, 1.82) is 0 Å². The van der Waals surface area contributed by atoms with E-state index in [-0.39, 0.29) is 29.9 Å². The Bertz CT molecular complexity index is 759. The van der Waals surface area contributed by atoms with Crippen molar-refractivity contribution in [2.45, 2.75) is 6.54 Å². The van der Waals surface area contributed by atoms with Crippen molar-refractivity contribution in [3.05, 3.63) is 60.1 Å². The Balaban J connectivity index is 0.00000300. The highest BCUT2D eigenvalue weighted by Crippen LogP contribution is 2.09. The van der Waals surface area contributed by atoms with Crippen molar-refractivity contribution in [3.63, 3.8) is 0 Å². The van der Waals surface area contributed by atoms with Crippen LogP contribution in [-0.2, 0) is 6.54 Å². The van der Waals surface area contributed by atoms with Gasteiger partial charge in [-0.1, -0.05) is 30.3 Å². The lowest BCUT2D eigenvalue weighted by Gasteiger charge is -2.36. The lowest BCUT2D eigenvalue weighted by atomic mass is 10.2. The van der Waals surface area contributed by atoms with Gasteiger partial charge in [0.15, 0.2) is 11.7 Å². The van der Waals surface area contributed by atoms with Crippen molar-refractivity contribution < 1.29 is 9.21 Å². The molecule has 1 aliphatic rings. The number of hydrogen-bond acceptors (Lipinski definition) is 4. The summed E-state index contributed by atoms with van der Waals surface area (Å²) in [6, 6.07) is 13.9. The Hall–Kier alpha value is -2.07. The molecule has 0 atom stereocenters. The molecule has 0 aliphatic carbocycles. The molecule has 3 rings (SSSR count). The van der Waals surface area contributed by atoms with Crippen molar-refractivity contribution in [2.24, 2.45) is 4.99 Å². The highest BCUT2D eigenvalue weighted by Gasteiger charge is 2.25. The molecule has 1 aromatic heterocycles. The quantitative estimate of drug-likeness (QED) is 0.367. The molecule has 7 nitrogen and oxygen atoms in total. The number of likely N-dealkylation sites (N-methyl/N-ethyl adjacent to an activating group) is 1. The Morgan fingerprint density at radius 1 is 1.10 bits per heavy atom. The van der Waals surface area contributed by atoms with Gasteiger partial charge in [0, 0.05) is 52.9 Å². The Labute approximate surface area is 189 Å². The number of nitrogens with one attached hydrogen (secondary N) is 1. The molecule has 0 bridgehead atoms. The monoisotopic (exact) mass is 511 g/mol. The fourth-order valence-corrected chi connectivity index (χ4v) is 3.34. The summed E-state index contributed by atoms with van der Waals surface area (Å²) >= 11 is 0. The standard InChI is InChI=1S/C21H29N5O2.HI/c1-22-21(23-10-11-24(2)17-18-7-4-3-5-8-18)26-14-12-25(13-15-26)20(27)19-9-6-16-28-19;/h3-9,16H,10-15,17H2,1-2H3,(H,22,23);1H. The molecule has 1 amide bonds. The molecule has 0 saturated carbocycles. The average Bonchev–Trinajstić information content (AvgIpc) is 3.26. The molecule has 2 aromatic rings. The molecule has 2 heterocycles. The third kappa shape index (κ3) is 6.74. The van der Waals surface area contributed by atoms with Gasteiger partial charge >= 0.3 is 0 Å². The van der Waals surface area contributed by atoms with Crippen molar-refractivity contribution in [1.82, 2.24) is 20.0 Å². The fourth-order valence-electron chi connectivity index (χ4n) is 3.34. The van der Waals surface area contributed by atoms with E-state index in [2.05, 4.69) is 51.4 Å². The first-order valence-corrected chi connectivity index (χ1v) is 9.68. The van der Waals surface area contributed by atoms with Gasteiger partial charge in [0.25, 0.3) is 5.91 Å². The van der Waals surface area contributed by atoms with Crippen LogP contribution in [0.4, 0.5) is 0 Å². The van der Waals surface area contributed by atoms with E-state index in [0.717, 1.165) is 38.7 Å². The zero-order valence-electron chi connectivity index (χ0n) is 17.1. The molecule has 29 heavy (non-hydrogen) atoms. The van der Waals surface area contributed by atoms with Gasteiger partial charge in [-0.3, -0.25) is 9.79 Å². The first kappa shape index (κ1) is 23.2. The fraction of sp³-hybridized carbons (Fsp3) is 0.429. The van der Waals surface area contributed by atoms with E-state index >= 15 is 0 Å². The number of hydrogen-bond donors (Lipinski definition) is 1. The van der Waals surface area contributed by atoms with Crippen LogP contribution in [0.2, 0.25) is 0 Å². The van der Waals surface area contributed by atoms with Gasteiger partial charge in [-0.15, -0.1) is 24.0 Å². The van der Waals surface area contributed by atoms with E-state index < -0.39 is 0 Å². The van der Waals surface area contributed by atoms with Crippen molar-refractivity contribution >= 4 is 35.8 Å². The van der Waals surface area contributed by atoms with Gasteiger partial charge in [0.05, 0.1) is 6.26 Å². The molecule has 1 aliphatic heterocycles. The summed E-state index contributed by atoms with van der Waals surface area (Å²) in [5.41, 5.74) is 1.31. The Kier molecular flexibility index (Phi) is 9.46. The molecule has 1 saturated heterocycles. The van der Waals surface area contributed by atoms with Crippen LogP contribution >= 0.6 is 24.0 Å². The molecule has 158 valence electrons. The van der Waals surface area contributed by atoms with E-state index in [4.69, 9.17) is 4.42 Å². The number of nitrogens with zero attached hydrogens (tertiary/aromatic N) is 4. The molecule has 0 radical (unpaired) electrons. The lowest BCUT2D eigenvalue weighted by molar-refractivity contribution is 0.0657. The third-order valence-electron chi connectivity index (χ3n) is 4.88. The zero-order chi connectivity index (χ0) is 19.8. The molecular formula is C21H30IN5O2. The molecule has 8 heteroatoms. The first-order valence-electron chi connectivity index (χ1n) is 9.68. The summed E-state index contributed by atoms with van der Waals surface area (Å²) < 4.78 is 5.22. The van der Waals surface area contributed by atoms with Gasteiger partial charge in [-0.2, -0.15) is 0 Å². The number of halogens is 1. The maximum Gasteiger partial charge on any atom is 0.289 e. The van der Waals surface area contributed by atoms with E-state index in [0.29, 0.717) is 18.8 Å². The number of carbonyl (C=O) groups is 1. The predicted octanol–water partition coefficient (Wildman–Crippen LogP) is 2.36. The minimum absolute atomic E-state index is 0. The summed E-state index contributed by atoms with van der Waals surface area (Å²) in [4.78, 5) is 23.1. The van der Waals surface area contributed by atoms with Crippen LogP contribution in [0.5, 0.6) is 0 Å². The Morgan fingerprint density at radius 3 is 2.41 bits per heavy atom. The number of benzene rings is 1. The molecular weight excluding hydrogens is 481 g/mol.